The number of Topliss-reactive ketones (excluding diaryl/α,β-unsaturated/α-hetero) is 1. The van der Waals surface area contributed by atoms with Gasteiger partial charge in [0, 0.05) is 10.6 Å². The number of amides is 1. The number of hydrogen-bond donors (Lipinski definition) is 3. The van der Waals surface area contributed by atoms with Crippen molar-refractivity contribution >= 4 is 46.0 Å². The van der Waals surface area contributed by atoms with Crippen LogP contribution in [-0.4, -0.2) is 38.5 Å². The van der Waals surface area contributed by atoms with Crippen molar-refractivity contribution < 1.29 is 24.5 Å². The van der Waals surface area contributed by atoms with E-state index < -0.39 is 17.7 Å². The molecule has 0 saturated carbocycles. The Labute approximate surface area is 211 Å². The van der Waals surface area contributed by atoms with Crippen LogP contribution in [0.4, 0.5) is 5.95 Å². The molecule has 3 N–H and O–H groups in total. The zero-order valence-corrected chi connectivity index (χ0v) is 20.2. The van der Waals surface area contributed by atoms with E-state index in [0.29, 0.717) is 28.2 Å². The number of phenols is 1. The first kappa shape index (κ1) is 23.4. The first-order chi connectivity index (χ1) is 17.3. The smallest absolute Gasteiger partial charge is 0.302 e. The molecule has 5 rings (SSSR count). The van der Waals surface area contributed by atoms with Crippen molar-refractivity contribution in [3.8, 4) is 11.5 Å². The maximum absolute atomic E-state index is 13.4. The fourth-order valence-electron chi connectivity index (χ4n) is 4.35. The molecule has 1 aliphatic rings. The van der Waals surface area contributed by atoms with Gasteiger partial charge in [0.1, 0.15) is 5.76 Å². The van der Waals surface area contributed by atoms with Crippen molar-refractivity contribution in [1.82, 2.24) is 9.97 Å². The molecule has 0 radical (unpaired) electrons. The van der Waals surface area contributed by atoms with E-state index in [0.717, 1.165) is 5.56 Å². The van der Waals surface area contributed by atoms with Gasteiger partial charge in [-0.15, -0.1) is 0 Å². The van der Waals surface area contributed by atoms with E-state index in [1.807, 2.05) is 25.1 Å². The fourth-order valence-corrected chi connectivity index (χ4v) is 4.54. The Balaban J connectivity index is 1.75. The molecule has 1 unspecified atom stereocenters. The van der Waals surface area contributed by atoms with E-state index in [-0.39, 0.29) is 34.3 Å². The normalized spacial score (nSPS) is 17.2. The van der Waals surface area contributed by atoms with Crippen LogP contribution in [0.1, 0.15) is 29.7 Å². The van der Waals surface area contributed by atoms with Gasteiger partial charge in [-0.3, -0.25) is 14.5 Å². The van der Waals surface area contributed by atoms with Crippen LogP contribution in [-0.2, 0) is 9.59 Å². The van der Waals surface area contributed by atoms with Gasteiger partial charge in [-0.1, -0.05) is 35.9 Å². The number of aromatic amines is 1. The number of aromatic nitrogens is 2. The third-order valence-electron chi connectivity index (χ3n) is 5.99. The number of aryl methyl sites for hydroxylation is 1. The molecular formula is C27H22ClN3O5. The highest BCUT2D eigenvalue weighted by molar-refractivity contribution is 6.51. The van der Waals surface area contributed by atoms with Crippen molar-refractivity contribution in [2.45, 2.75) is 19.9 Å². The van der Waals surface area contributed by atoms with Crippen LogP contribution in [0.25, 0.3) is 16.8 Å². The number of ether oxygens (including phenoxy) is 1. The van der Waals surface area contributed by atoms with Gasteiger partial charge in [0.05, 0.1) is 29.3 Å². The summed E-state index contributed by atoms with van der Waals surface area (Å²) in [6.45, 7) is 4.00. The predicted octanol–water partition coefficient (Wildman–Crippen LogP) is 5.26. The lowest BCUT2D eigenvalue weighted by atomic mass is 9.95. The molecule has 0 spiro atoms. The summed E-state index contributed by atoms with van der Waals surface area (Å²) >= 11 is 6.11. The summed E-state index contributed by atoms with van der Waals surface area (Å²) in [6, 6.07) is 15.5. The largest absolute Gasteiger partial charge is 0.507 e. The molecule has 1 aromatic heterocycles. The second-order valence-electron chi connectivity index (χ2n) is 8.42. The number of phenolic OH excluding ortho intramolecular Hbond substituents is 1. The van der Waals surface area contributed by atoms with Crippen LogP contribution >= 0.6 is 11.6 Å². The van der Waals surface area contributed by atoms with E-state index in [1.165, 1.54) is 17.0 Å². The molecular weight excluding hydrogens is 482 g/mol. The molecule has 9 heteroatoms. The first-order valence-corrected chi connectivity index (χ1v) is 11.6. The Kier molecular flexibility index (Phi) is 5.89. The van der Waals surface area contributed by atoms with Crippen molar-refractivity contribution in [2.75, 3.05) is 11.5 Å². The monoisotopic (exact) mass is 503 g/mol. The number of nitrogens with one attached hydrogen (secondary N) is 1. The summed E-state index contributed by atoms with van der Waals surface area (Å²) in [6.07, 6.45) is 0. The van der Waals surface area contributed by atoms with Gasteiger partial charge in [0.2, 0.25) is 5.95 Å². The maximum Gasteiger partial charge on any atom is 0.302 e. The van der Waals surface area contributed by atoms with Crippen LogP contribution in [0.2, 0.25) is 5.02 Å². The lowest BCUT2D eigenvalue weighted by Gasteiger charge is -2.23. The van der Waals surface area contributed by atoms with Crippen molar-refractivity contribution in [3.63, 3.8) is 0 Å². The minimum Gasteiger partial charge on any atom is -0.507 e. The van der Waals surface area contributed by atoms with E-state index in [4.69, 9.17) is 16.3 Å². The summed E-state index contributed by atoms with van der Waals surface area (Å²) < 4.78 is 5.53. The summed E-state index contributed by atoms with van der Waals surface area (Å²) in [5.41, 5.74) is 2.91. The fraction of sp³-hybridized carbons (Fsp3) is 0.148. The first-order valence-electron chi connectivity index (χ1n) is 11.3. The lowest BCUT2D eigenvalue weighted by molar-refractivity contribution is -0.132. The lowest BCUT2D eigenvalue weighted by Crippen LogP contribution is -2.30. The number of carbonyl (C=O) groups excluding carboxylic acids is 2. The zero-order chi connectivity index (χ0) is 25.6. The highest BCUT2D eigenvalue weighted by Gasteiger charge is 2.48. The quantitative estimate of drug-likeness (QED) is 0.194. The number of benzene rings is 3. The highest BCUT2D eigenvalue weighted by atomic mass is 35.5. The van der Waals surface area contributed by atoms with Crippen LogP contribution in [0.3, 0.4) is 0 Å². The molecule has 1 amide bonds. The number of aliphatic hydroxyl groups excluding tert-OH is 1. The Morgan fingerprint density at radius 2 is 1.94 bits per heavy atom. The number of aromatic hydroxyl groups is 1. The molecule has 1 fully saturated rings. The number of H-pyrrole nitrogens is 1. The highest BCUT2D eigenvalue weighted by Crippen LogP contribution is 2.43. The topological polar surface area (TPSA) is 116 Å². The Hall–Kier alpha value is -4.30. The molecule has 1 atom stereocenters. The number of halogens is 1. The summed E-state index contributed by atoms with van der Waals surface area (Å²) in [4.78, 5) is 35.6. The molecule has 1 aliphatic heterocycles. The van der Waals surface area contributed by atoms with Crippen molar-refractivity contribution in [3.05, 3.63) is 87.9 Å². The second-order valence-corrected chi connectivity index (χ2v) is 8.86. The molecule has 0 bridgehead atoms. The van der Waals surface area contributed by atoms with Gasteiger partial charge in [0.15, 0.2) is 11.5 Å². The van der Waals surface area contributed by atoms with Gasteiger partial charge in [-0.05, 0) is 61.4 Å². The van der Waals surface area contributed by atoms with E-state index >= 15 is 0 Å². The number of ketones is 1. The minimum absolute atomic E-state index is 0.0911. The van der Waals surface area contributed by atoms with Crippen molar-refractivity contribution in [2.24, 2.45) is 0 Å². The van der Waals surface area contributed by atoms with Gasteiger partial charge in [0.25, 0.3) is 5.78 Å². The summed E-state index contributed by atoms with van der Waals surface area (Å²) in [5, 5.41) is 21.8. The standard InChI is InChI=1S/C27H22ClN3O5/c1-3-36-21-13-15(8-10-20(21)32)23-22(24(33)16-5-4-6-17(28)12-16)25(34)26(35)31(23)27-29-18-9-7-14(2)11-19(18)30-27/h4-13,23,32-33H,3H2,1-2H3,(H,29,30)/b24-22+. The number of nitrogens with zero attached hydrogens (tertiary/aromatic N) is 2. The Bertz CT molecular complexity index is 1560. The van der Waals surface area contributed by atoms with Crippen molar-refractivity contribution in [1.29, 1.82) is 0 Å². The van der Waals surface area contributed by atoms with Crippen LogP contribution < -0.4 is 9.64 Å². The number of fused-ring (bicyclic) bond motifs is 1. The number of rotatable bonds is 5. The van der Waals surface area contributed by atoms with Gasteiger partial charge < -0.3 is 19.9 Å². The maximum atomic E-state index is 13.4. The SMILES string of the molecule is CCOc1cc(C2/C(=C(\O)c3cccc(Cl)c3)C(=O)C(=O)N2c2nc3ccc(C)cc3[nH]2)ccc1O. The molecule has 3 aromatic carbocycles. The zero-order valence-electron chi connectivity index (χ0n) is 19.4. The van der Waals surface area contributed by atoms with Gasteiger partial charge >= 0.3 is 5.91 Å². The number of aliphatic hydroxyl groups is 1. The van der Waals surface area contributed by atoms with Crippen LogP contribution in [0, 0.1) is 6.92 Å². The summed E-state index contributed by atoms with van der Waals surface area (Å²) in [7, 11) is 0. The molecule has 8 nitrogen and oxygen atoms in total. The van der Waals surface area contributed by atoms with Gasteiger partial charge in [-0.25, -0.2) is 4.98 Å². The minimum atomic E-state index is -1.05. The second kappa shape index (κ2) is 9.05. The number of hydrogen-bond acceptors (Lipinski definition) is 6. The average Bonchev–Trinajstić information content (AvgIpc) is 3.38. The third kappa shape index (κ3) is 3.95. The Morgan fingerprint density at radius 3 is 2.69 bits per heavy atom. The molecule has 2 heterocycles. The molecule has 4 aromatic rings. The average molecular weight is 504 g/mol. The van der Waals surface area contributed by atoms with E-state index in [9.17, 15) is 19.8 Å². The number of anilines is 1. The van der Waals surface area contributed by atoms with Gasteiger partial charge in [-0.2, -0.15) is 0 Å². The molecule has 182 valence electrons. The molecule has 1 saturated heterocycles. The van der Waals surface area contributed by atoms with E-state index in [2.05, 4.69) is 9.97 Å². The molecule has 0 aliphatic carbocycles. The summed E-state index contributed by atoms with van der Waals surface area (Å²) in [5.74, 6) is -1.86. The van der Waals surface area contributed by atoms with Crippen LogP contribution in [0.15, 0.2) is 66.2 Å². The number of carbonyl (C=O) groups is 2. The Morgan fingerprint density at radius 1 is 1.14 bits per heavy atom. The number of imidazole rings is 1. The molecule has 36 heavy (non-hydrogen) atoms. The van der Waals surface area contributed by atoms with E-state index in [1.54, 1.807) is 37.3 Å². The predicted molar refractivity (Wildman–Crippen MR) is 136 cm³/mol. The van der Waals surface area contributed by atoms with Crippen LogP contribution in [0.5, 0.6) is 11.5 Å². The third-order valence-corrected chi connectivity index (χ3v) is 6.23.